The molecule has 3 heterocycles. The molecule has 0 unspecified atom stereocenters. The summed E-state index contributed by atoms with van der Waals surface area (Å²) in [5.74, 6) is 1.90. The summed E-state index contributed by atoms with van der Waals surface area (Å²) in [6.45, 7) is 3.43. The smallest absolute Gasteiger partial charge is 0.224 e. The third-order valence-electron chi connectivity index (χ3n) is 3.86. The highest BCUT2D eigenvalue weighted by Gasteiger charge is 2.28. The third-order valence-corrected chi connectivity index (χ3v) is 3.86. The molecule has 2 atom stereocenters. The van der Waals surface area contributed by atoms with Crippen LogP contribution in [0.25, 0.3) is 0 Å². The Labute approximate surface area is 130 Å². The fourth-order valence-corrected chi connectivity index (χ4v) is 2.73. The van der Waals surface area contributed by atoms with Crippen molar-refractivity contribution < 1.29 is 4.74 Å². The summed E-state index contributed by atoms with van der Waals surface area (Å²) in [5.41, 5.74) is 2.22. The molecule has 2 N–H and O–H groups in total. The fraction of sp³-hybridized carbons (Fsp3) is 0.438. The molecule has 6 heteroatoms. The van der Waals surface area contributed by atoms with Gasteiger partial charge in [0.1, 0.15) is 5.82 Å². The topological polar surface area (TPSA) is 72.0 Å². The van der Waals surface area contributed by atoms with Crippen LogP contribution in [-0.4, -0.2) is 41.3 Å². The molecule has 3 rings (SSSR count). The lowest BCUT2D eigenvalue weighted by Gasteiger charge is -2.20. The predicted octanol–water partition coefficient (Wildman–Crippen LogP) is 1.89. The second-order valence-corrected chi connectivity index (χ2v) is 5.58. The highest BCUT2D eigenvalue weighted by molar-refractivity contribution is 5.43. The van der Waals surface area contributed by atoms with Crippen LogP contribution >= 0.6 is 0 Å². The molecule has 0 saturated carbocycles. The molecular formula is C16H21N5O. The molecule has 116 valence electrons. The van der Waals surface area contributed by atoms with Crippen LogP contribution in [0, 0.1) is 12.8 Å². The average molecular weight is 299 g/mol. The van der Waals surface area contributed by atoms with E-state index in [2.05, 4.69) is 37.7 Å². The Bertz CT molecular complexity index is 619. The maximum absolute atomic E-state index is 5.66. The number of ether oxygens (including phenoxy) is 1. The van der Waals surface area contributed by atoms with E-state index in [1.54, 1.807) is 0 Å². The lowest BCUT2D eigenvalue weighted by Crippen LogP contribution is -2.29. The summed E-state index contributed by atoms with van der Waals surface area (Å²) in [6, 6.07) is 6.34. The molecule has 0 amide bonds. The molecule has 0 aromatic carbocycles. The van der Waals surface area contributed by atoms with Gasteiger partial charge in [-0.3, -0.25) is 4.98 Å². The van der Waals surface area contributed by atoms with Crippen molar-refractivity contribution in [3.63, 3.8) is 0 Å². The van der Waals surface area contributed by atoms with Crippen LogP contribution in [0.4, 0.5) is 11.8 Å². The third kappa shape index (κ3) is 3.51. The van der Waals surface area contributed by atoms with Gasteiger partial charge in [0.15, 0.2) is 0 Å². The molecule has 0 radical (unpaired) electrons. The zero-order valence-electron chi connectivity index (χ0n) is 12.9. The van der Waals surface area contributed by atoms with Crippen LogP contribution in [-0.2, 0) is 11.2 Å². The lowest BCUT2D eigenvalue weighted by atomic mass is 9.95. The first kappa shape index (κ1) is 14.7. The van der Waals surface area contributed by atoms with E-state index < -0.39 is 0 Å². The molecule has 0 bridgehead atoms. The average Bonchev–Trinajstić information content (AvgIpc) is 2.94. The molecule has 1 saturated heterocycles. The number of hydrogen-bond donors (Lipinski definition) is 2. The highest BCUT2D eigenvalue weighted by Crippen LogP contribution is 2.22. The van der Waals surface area contributed by atoms with Gasteiger partial charge in [-0.15, -0.1) is 0 Å². The van der Waals surface area contributed by atoms with E-state index in [9.17, 15) is 0 Å². The van der Waals surface area contributed by atoms with Gasteiger partial charge in [0.05, 0.1) is 19.3 Å². The predicted molar refractivity (Wildman–Crippen MR) is 86.0 cm³/mol. The van der Waals surface area contributed by atoms with Gasteiger partial charge in [-0.25, -0.2) is 4.98 Å². The van der Waals surface area contributed by atoms with Gasteiger partial charge in [-0.05, 0) is 31.0 Å². The summed E-state index contributed by atoms with van der Waals surface area (Å²) in [4.78, 5) is 12.8. The number of nitrogens with zero attached hydrogens (tertiary/aromatic N) is 3. The number of rotatable bonds is 5. The van der Waals surface area contributed by atoms with Crippen LogP contribution in [0.3, 0.4) is 0 Å². The van der Waals surface area contributed by atoms with Gasteiger partial charge in [0.2, 0.25) is 5.95 Å². The van der Waals surface area contributed by atoms with Gasteiger partial charge in [0.25, 0.3) is 0 Å². The van der Waals surface area contributed by atoms with E-state index in [1.807, 2.05) is 32.4 Å². The van der Waals surface area contributed by atoms with Crippen LogP contribution < -0.4 is 10.6 Å². The molecular weight excluding hydrogens is 278 g/mol. The van der Waals surface area contributed by atoms with Gasteiger partial charge in [-0.2, -0.15) is 4.98 Å². The first-order valence-corrected chi connectivity index (χ1v) is 7.51. The molecule has 0 aliphatic carbocycles. The Morgan fingerprint density at radius 1 is 1.23 bits per heavy atom. The number of aryl methyl sites for hydroxylation is 1. The molecule has 1 aliphatic rings. The van der Waals surface area contributed by atoms with E-state index >= 15 is 0 Å². The minimum Gasteiger partial charge on any atom is -0.379 e. The molecule has 1 fully saturated rings. The van der Waals surface area contributed by atoms with Crippen LogP contribution in [0.2, 0.25) is 0 Å². The zero-order chi connectivity index (χ0) is 15.4. The van der Waals surface area contributed by atoms with Gasteiger partial charge in [-0.1, -0.05) is 0 Å². The number of nitrogens with one attached hydrogen (secondary N) is 2. The van der Waals surface area contributed by atoms with Gasteiger partial charge in [0, 0.05) is 37.1 Å². The van der Waals surface area contributed by atoms with Crippen molar-refractivity contribution in [3.05, 3.63) is 41.9 Å². The van der Waals surface area contributed by atoms with Crippen molar-refractivity contribution in [2.75, 3.05) is 30.9 Å². The quantitative estimate of drug-likeness (QED) is 0.878. The molecule has 0 spiro atoms. The van der Waals surface area contributed by atoms with Crippen molar-refractivity contribution in [1.82, 2.24) is 15.0 Å². The summed E-state index contributed by atoms with van der Waals surface area (Å²) in [6.07, 6.45) is 4.64. The van der Waals surface area contributed by atoms with E-state index in [1.165, 1.54) is 5.56 Å². The Morgan fingerprint density at radius 3 is 2.82 bits per heavy atom. The zero-order valence-corrected chi connectivity index (χ0v) is 12.9. The van der Waals surface area contributed by atoms with E-state index in [0.717, 1.165) is 24.5 Å². The second-order valence-electron chi connectivity index (χ2n) is 5.58. The minimum atomic E-state index is 0.257. The SMILES string of the molecule is CNc1nc(C)cc(N[C@@H]2COC[C@H]2Cc2ccncc2)n1. The van der Waals surface area contributed by atoms with Crippen LogP contribution in [0.15, 0.2) is 30.6 Å². The van der Waals surface area contributed by atoms with Crippen LogP contribution in [0.1, 0.15) is 11.3 Å². The summed E-state index contributed by atoms with van der Waals surface area (Å²) < 4.78 is 5.66. The summed E-state index contributed by atoms with van der Waals surface area (Å²) in [5, 5.41) is 6.48. The Hall–Kier alpha value is -2.21. The van der Waals surface area contributed by atoms with Crippen molar-refractivity contribution in [1.29, 1.82) is 0 Å². The molecule has 1 aliphatic heterocycles. The van der Waals surface area contributed by atoms with Crippen molar-refractivity contribution in [2.24, 2.45) is 5.92 Å². The monoisotopic (exact) mass is 299 g/mol. The van der Waals surface area contributed by atoms with Gasteiger partial charge < -0.3 is 15.4 Å². The van der Waals surface area contributed by atoms with Crippen molar-refractivity contribution in [3.8, 4) is 0 Å². The standard InChI is InChI=1S/C16H21N5O/c1-11-7-15(21-16(17-2)19-11)20-14-10-22-9-13(14)8-12-3-5-18-6-4-12/h3-7,13-14H,8-10H2,1-2H3,(H2,17,19,20,21)/t13-,14-/m1/s1. The Morgan fingerprint density at radius 2 is 2.05 bits per heavy atom. The molecule has 2 aromatic heterocycles. The maximum Gasteiger partial charge on any atom is 0.224 e. The number of anilines is 2. The van der Waals surface area contributed by atoms with E-state index in [4.69, 9.17) is 4.74 Å². The number of hydrogen-bond acceptors (Lipinski definition) is 6. The minimum absolute atomic E-state index is 0.257. The first-order chi connectivity index (χ1) is 10.7. The fourth-order valence-electron chi connectivity index (χ4n) is 2.73. The van der Waals surface area contributed by atoms with E-state index in [0.29, 0.717) is 18.5 Å². The Kier molecular flexibility index (Phi) is 4.48. The lowest BCUT2D eigenvalue weighted by molar-refractivity contribution is 0.185. The number of pyridine rings is 1. The normalized spacial score (nSPS) is 20.8. The first-order valence-electron chi connectivity index (χ1n) is 7.51. The molecule has 22 heavy (non-hydrogen) atoms. The van der Waals surface area contributed by atoms with E-state index in [-0.39, 0.29) is 6.04 Å². The summed E-state index contributed by atoms with van der Waals surface area (Å²) >= 11 is 0. The number of aromatic nitrogens is 3. The Balaban J connectivity index is 1.70. The molecule has 2 aromatic rings. The summed E-state index contributed by atoms with van der Waals surface area (Å²) in [7, 11) is 1.82. The largest absolute Gasteiger partial charge is 0.379 e. The van der Waals surface area contributed by atoms with Crippen molar-refractivity contribution >= 4 is 11.8 Å². The van der Waals surface area contributed by atoms with Crippen LogP contribution in [0.5, 0.6) is 0 Å². The molecule has 6 nitrogen and oxygen atoms in total. The van der Waals surface area contributed by atoms with Gasteiger partial charge >= 0.3 is 0 Å². The highest BCUT2D eigenvalue weighted by atomic mass is 16.5. The second kappa shape index (κ2) is 6.70. The maximum atomic E-state index is 5.66. The van der Waals surface area contributed by atoms with Crippen molar-refractivity contribution in [2.45, 2.75) is 19.4 Å².